The Balaban J connectivity index is 1.53. The normalized spacial score (nSPS) is 18.1. The summed E-state index contributed by atoms with van der Waals surface area (Å²) in [5.41, 5.74) is 1.65. The first-order valence-electron chi connectivity index (χ1n) is 7.14. The first-order chi connectivity index (χ1) is 9.92. The van der Waals surface area contributed by atoms with Crippen LogP contribution in [0.3, 0.4) is 0 Å². The molecular weight excluding hydrogens is 250 g/mol. The predicted molar refractivity (Wildman–Crippen MR) is 79.4 cm³/mol. The molecule has 1 unspecified atom stereocenters. The summed E-state index contributed by atoms with van der Waals surface area (Å²) in [6, 6.07) is 10.3. The van der Waals surface area contributed by atoms with E-state index in [0.717, 1.165) is 36.7 Å². The van der Waals surface area contributed by atoms with E-state index in [-0.39, 0.29) is 0 Å². The number of rotatable bonds is 5. The van der Waals surface area contributed by atoms with Crippen LogP contribution < -0.4 is 10.6 Å². The number of hydrogen-bond acceptors (Lipinski definition) is 5. The van der Waals surface area contributed by atoms with E-state index in [1.165, 1.54) is 12.8 Å². The van der Waals surface area contributed by atoms with Crippen molar-refractivity contribution in [2.45, 2.75) is 25.3 Å². The Morgan fingerprint density at radius 1 is 1.15 bits per heavy atom. The molecule has 1 aliphatic heterocycles. The predicted octanol–water partition coefficient (Wildman–Crippen LogP) is 2.09. The second kappa shape index (κ2) is 6.43. The van der Waals surface area contributed by atoms with Crippen LogP contribution in [0.5, 0.6) is 0 Å². The molecule has 2 N–H and O–H groups in total. The summed E-state index contributed by atoms with van der Waals surface area (Å²) >= 11 is 0. The van der Waals surface area contributed by atoms with Crippen molar-refractivity contribution in [2.24, 2.45) is 0 Å². The topological polar surface area (TPSA) is 62.7 Å². The molecule has 104 valence electrons. The zero-order valence-electron chi connectivity index (χ0n) is 11.4. The molecule has 1 fully saturated rings. The van der Waals surface area contributed by atoms with E-state index in [2.05, 4.69) is 25.8 Å². The molecule has 3 heterocycles. The molecule has 1 aliphatic rings. The number of anilines is 1. The summed E-state index contributed by atoms with van der Waals surface area (Å²) in [6.45, 7) is 2.08. The fourth-order valence-electron chi connectivity index (χ4n) is 2.46. The van der Waals surface area contributed by atoms with E-state index in [4.69, 9.17) is 0 Å². The lowest BCUT2D eigenvalue weighted by atomic mass is 10.1. The second-order valence-electron chi connectivity index (χ2n) is 5.03. The van der Waals surface area contributed by atoms with Crippen LogP contribution in [0.1, 0.15) is 19.3 Å². The van der Waals surface area contributed by atoms with Gasteiger partial charge in [-0.15, -0.1) is 10.2 Å². The Morgan fingerprint density at radius 2 is 2.15 bits per heavy atom. The molecule has 3 rings (SSSR count). The molecule has 1 saturated heterocycles. The molecule has 0 amide bonds. The average Bonchev–Trinajstić information content (AvgIpc) is 3.02. The van der Waals surface area contributed by atoms with Crippen molar-refractivity contribution in [3.8, 4) is 11.4 Å². The van der Waals surface area contributed by atoms with Crippen molar-refractivity contribution in [1.29, 1.82) is 0 Å². The summed E-state index contributed by atoms with van der Waals surface area (Å²) in [5, 5.41) is 15.2. The molecule has 1 atom stereocenters. The minimum atomic E-state index is 0.656. The van der Waals surface area contributed by atoms with Crippen LogP contribution in [-0.2, 0) is 0 Å². The Bertz CT molecular complexity index is 520. The summed E-state index contributed by atoms with van der Waals surface area (Å²) in [4.78, 5) is 4.26. The van der Waals surface area contributed by atoms with Gasteiger partial charge >= 0.3 is 0 Å². The fourth-order valence-corrected chi connectivity index (χ4v) is 2.46. The third-order valence-corrected chi connectivity index (χ3v) is 3.55. The van der Waals surface area contributed by atoms with Crippen LogP contribution >= 0.6 is 0 Å². The van der Waals surface area contributed by atoms with Gasteiger partial charge in [0.25, 0.3) is 0 Å². The van der Waals surface area contributed by atoms with Crippen molar-refractivity contribution in [1.82, 2.24) is 20.5 Å². The standard InChI is InChI=1S/C15H19N5/c1-2-9-17-13(5-1)14-6-7-15(20-19-14)18-11-8-12-4-3-10-16-12/h1-2,5-7,9,12,16H,3-4,8,10-11H2,(H,18,20). The zero-order chi connectivity index (χ0) is 13.6. The van der Waals surface area contributed by atoms with Gasteiger partial charge in [0.15, 0.2) is 0 Å². The minimum Gasteiger partial charge on any atom is -0.369 e. The lowest BCUT2D eigenvalue weighted by Gasteiger charge is -2.10. The van der Waals surface area contributed by atoms with Gasteiger partial charge in [0.1, 0.15) is 11.5 Å². The maximum Gasteiger partial charge on any atom is 0.148 e. The number of nitrogens with zero attached hydrogens (tertiary/aromatic N) is 3. The summed E-state index contributed by atoms with van der Waals surface area (Å²) in [6.07, 6.45) is 5.47. The third kappa shape index (κ3) is 3.30. The van der Waals surface area contributed by atoms with Gasteiger partial charge in [-0.3, -0.25) is 4.98 Å². The number of pyridine rings is 1. The Labute approximate surface area is 118 Å². The van der Waals surface area contributed by atoms with E-state index in [1.54, 1.807) is 6.20 Å². The first kappa shape index (κ1) is 13.0. The van der Waals surface area contributed by atoms with Crippen molar-refractivity contribution in [3.63, 3.8) is 0 Å². The van der Waals surface area contributed by atoms with Crippen LogP contribution in [-0.4, -0.2) is 34.3 Å². The highest BCUT2D eigenvalue weighted by atomic mass is 15.2. The van der Waals surface area contributed by atoms with E-state index < -0.39 is 0 Å². The average molecular weight is 269 g/mol. The third-order valence-electron chi connectivity index (χ3n) is 3.55. The monoisotopic (exact) mass is 269 g/mol. The Morgan fingerprint density at radius 3 is 2.85 bits per heavy atom. The van der Waals surface area contributed by atoms with E-state index in [0.29, 0.717) is 6.04 Å². The Kier molecular flexibility index (Phi) is 4.18. The van der Waals surface area contributed by atoms with Gasteiger partial charge in [-0.1, -0.05) is 6.07 Å². The van der Waals surface area contributed by atoms with Crippen LogP contribution in [0.15, 0.2) is 36.5 Å². The van der Waals surface area contributed by atoms with Gasteiger partial charge in [-0.2, -0.15) is 0 Å². The largest absolute Gasteiger partial charge is 0.369 e. The van der Waals surface area contributed by atoms with Gasteiger partial charge in [-0.05, 0) is 50.1 Å². The van der Waals surface area contributed by atoms with E-state index in [1.807, 2.05) is 30.3 Å². The molecule has 0 spiro atoms. The van der Waals surface area contributed by atoms with Crippen molar-refractivity contribution in [3.05, 3.63) is 36.5 Å². The highest BCUT2D eigenvalue weighted by Crippen LogP contribution is 2.14. The molecule has 20 heavy (non-hydrogen) atoms. The van der Waals surface area contributed by atoms with Crippen molar-refractivity contribution >= 4 is 5.82 Å². The lowest BCUT2D eigenvalue weighted by molar-refractivity contribution is 0.574. The lowest BCUT2D eigenvalue weighted by Crippen LogP contribution is -2.24. The molecule has 0 aliphatic carbocycles. The molecule has 2 aromatic heterocycles. The van der Waals surface area contributed by atoms with Crippen molar-refractivity contribution in [2.75, 3.05) is 18.4 Å². The molecule has 2 aromatic rings. The smallest absolute Gasteiger partial charge is 0.148 e. The fraction of sp³-hybridized carbons (Fsp3) is 0.400. The van der Waals surface area contributed by atoms with Gasteiger partial charge in [0.2, 0.25) is 0 Å². The maximum atomic E-state index is 4.26. The highest BCUT2D eigenvalue weighted by Gasteiger charge is 2.12. The molecular formula is C15H19N5. The first-order valence-corrected chi connectivity index (χ1v) is 7.14. The van der Waals surface area contributed by atoms with Crippen LogP contribution in [0, 0.1) is 0 Å². The maximum absolute atomic E-state index is 4.26. The number of nitrogens with one attached hydrogen (secondary N) is 2. The number of aromatic nitrogens is 3. The van der Waals surface area contributed by atoms with Crippen LogP contribution in [0.25, 0.3) is 11.4 Å². The summed E-state index contributed by atoms with van der Waals surface area (Å²) in [7, 11) is 0. The summed E-state index contributed by atoms with van der Waals surface area (Å²) < 4.78 is 0. The molecule has 0 saturated carbocycles. The van der Waals surface area contributed by atoms with E-state index >= 15 is 0 Å². The Hall–Kier alpha value is -2.01. The van der Waals surface area contributed by atoms with Gasteiger partial charge in [0, 0.05) is 18.8 Å². The SMILES string of the molecule is c1ccc(-c2ccc(NCCC3CCCN3)nn2)nc1. The number of hydrogen-bond donors (Lipinski definition) is 2. The molecule has 0 aromatic carbocycles. The van der Waals surface area contributed by atoms with Crippen molar-refractivity contribution < 1.29 is 0 Å². The second-order valence-corrected chi connectivity index (χ2v) is 5.03. The van der Waals surface area contributed by atoms with E-state index in [9.17, 15) is 0 Å². The van der Waals surface area contributed by atoms with Gasteiger partial charge < -0.3 is 10.6 Å². The quantitative estimate of drug-likeness (QED) is 0.870. The molecule has 5 heteroatoms. The highest BCUT2D eigenvalue weighted by molar-refractivity contribution is 5.54. The minimum absolute atomic E-state index is 0.656. The summed E-state index contributed by atoms with van der Waals surface area (Å²) in [5.74, 6) is 0.822. The van der Waals surface area contributed by atoms with Crippen LogP contribution in [0.4, 0.5) is 5.82 Å². The molecule has 5 nitrogen and oxygen atoms in total. The van der Waals surface area contributed by atoms with Gasteiger partial charge in [-0.25, -0.2) is 0 Å². The van der Waals surface area contributed by atoms with Gasteiger partial charge in [0.05, 0.1) is 5.69 Å². The molecule has 0 radical (unpaired) electrons. The molecule has 0 bridgehead atoms. The van der Waals surface area contributed by atoms with Crippen LogP contribution in [0.2, 0.25) is 0 Å². The zero-order valence-corrected chi connectivity index (χ0v) is 11.4.